The molecular formula is C28H24N2O7S2. The van der Waals surface area contributed by atoms with Gasteiger partial charge in [-0.1, -0.05) is 36.1 Å². The molecule has 0 atom stereocenters. The second-order valence-corrected chi connectivity index (χ2v) is 10.1. The van der Waals surface area contributed by atoms with Gasteiger partial charge in [0.05, 0.1) is 25.7 Å². The van der Waals surface area contributed by atoms with Crippen LogP contribution in [0.15, 0.2) is 65.6 Å². The number of amides is 2. The number of fused-ring (bicyclic) bond motifs is 1. The Morgan fingerprint density at radius 2 is 1.82 bits per heavy atom. The summed E-state index contributed by atoms with van der Waals surface area (Å²) in [5.41, 5.74) is 2.24. The summed E-state index contributed by atoms with van der Waals surface area (Å²) >= 11 is 6.72. The minimum atomic E-state index is -0.322. The summed E-state index contributed by atoms with van der Waals surface area (Å²) in [5, 5.41) is 2.76. The first kappa shape index (κ1) is 26.4. The molecule has 0 unspecified atom stereocenters. The molecule has 11 heteroatoms. The van der Waals surface area contributed by atoms with Crippen molar-refractivity contribution in [1.29, 1.82) is 0 Å². The number of carbonyl (C=O) groups is 2. The molecule has 3 aromatic carbocycles. The number of benzene rings is 3. The molecule has 2 aliphatic heterocycles. The summed E-state index contributed by atoms with van der Waals surface area (Å²) in [7, 11) is 3.08. The van der Waals surface area contributed by atoms with E-state index in [1.165, 1.54) is 18.9 Å². The van der Waals surface area contributed by atoms with Crippen molar-refractivity contribution < 1.29 is 33.3 Å². The number of rotatable bonds is 9. The highest BCUT2D eigenvalue weighted by Gasteiger charge is 2.32. The predicted molar refractivity (Wildman–Crippen MR) is 151 cm³/mol. The van der Waals surface area contributed by atoms with Crippen LogP contribution in [0.3, 0.4) is 0 Å². The molecule has 0 bridgehead atoms. The van der Waals surface area contributed by atoms with E-state index >= 15 is 0 Å². The van der Waals surface area contributed by atoms with Crippen LogP contribution in [-0.4, -0.2) is 48.7 Å². The van der Waals surface area contributed by atoms with Crippen LogP contribution in [0.1, 0.15) is 11.1 Å². The Balaban J connectivity index is 1.22. The van der Waals surface area contributed by atoms with Crippen molar-refractivity contribution in [3.05, 3.63) is 76.7 Å². The Labute approximate surface area is 234 Å². The zero-order chi connectivity index (χ0) is 27.4. The number of methoxy groups -OCH3 is 2. The number of thiocarbonyl (C=S) groups is 1. The highest BCUT2D eigenvalue weighted by molar-refractivity contribution is 8.26. The fourth-order valence-electron chi connectivity index (χ4n) is 3.92. The third-order valence-electron chi connectivity index (χ3n) is 5.87. The first-order chi connectivity index (χ1) is 18.9. The van der Waals surface area contributed by atoms with Crippen LogP contribution < -0.4 is 29.0 Å². The average Bonchev–Trinajstić information content (AvgIpc) is 3.52. The van der Waals surface area contributed by atoms with Gasteiger partial charge in [-0.15, -0.1) is 0 Å². The third kappa shape index (κ3) is 6.10. The van der Waals surface area contributed by atoms with Crippen molar-refractivity contribution in [2.75, 3.05) is 32.9 Å². The van der Waals surface area contributed by atoms with Crippen molar-refractivity contribution in [3.63, 3.8) is 0 Å². The van der Waals surface area contributed by atoms with Crippen LogP contribution in [0.2, 0.25) is 0 Å². The summed E-state index contributed by atoms with van der Waals surface area (Å²) in [6.45, 7) is 0.306. The van der Waals surface area contributed by atoms with Gasteiger partial charge in [-0.3, -0.25) is 14.5 Å². The lowest BCUT2D eigenvalue weighted by atomic mass is 10.1. The van der Waals surface area contributed by atoms with E-state index in [0.717, 1.165) is 11.1 Å². The standard InChI is InChI=1S/C28H24N2O7S2/c1-33-20-7-5-19(6-8-20)29-26(31)15-35-21-9-3-17(11-23(21)34-2)13-25-27(32)30(28(38)39-25)14-18-4-10-22-24(12-18)37-16-36-22/h3-13H,14-16H2,1-2H3,(H,29,31)/b25-13-. The second kappa shape index (κ2) is 11.7. The topological polar surface area (TPSA) is 95.6 Å². The lowest BCUT2D eigenvalue weighted by Gasteiger charge is -2.14. The normalized spacial score (nSPS) is 15.0. The van der Waals surface area contributed by atoms with Gasteiger partial charge in [0.15, 0.2) is 29.6 Å². The molecule has 1 saturated heterocycles. The molecule has 2 aliphatic rings. The minimum absolute atomic E-state index is 0.183. The summed E-state index contributed by atoms with van der Waals surface area (Å²) in [6, 6.07) is 17.8. The van der Waals surface area contributed by atoms with E-state index in [-0.39, 0.29) is 25.2 Å². The van der Waals surface area contributed by atoms with Gasteiger partial charge in [-0.25, -0.2) is 0 Å². The molecule has 1 fully saturated rings. The van der Waals surface area contributed by atoms with Crippen LogP contribution in [-0.2, 0) is 16.1 Å². The first-order valence-corrected chi connectivity index (χ1v) is 13.0. The van der Waals surface area contributed by atoms with Crippen molar-refractivity contribution in [3.8, 4) is 28.7 Å². The number of ether oxygens (including phenoxy) is 5. The summed E-state index contributed by atoms with van der Waals surface area (Å²) in [4.78, 5) is 27.5. The van der Waals surface area contributed by atoms with E-state index in [4.69, 9.17) is 35.9 Å². The summed E-state index contributed by atoms with van der Waals surface area (Å²) in [5.74, 6) is 2.35. The minimum Gasteiger partial charge on any atom is -0.497 e. The molecule has 0 aromatic heterocycles. The lowest BCUT2D eigenvalue weighted by molar-refractivity contribution is -0.122. The molecule has 0 saturated carbocycles. The highest BCUT2D eigenvalue weighted by Crippen LogP contribution is 2.37. The SMILES string of the molecule is COc1ccc(NC(=O)COc2ccc(/C=C3\SC(=S)N(Cc4ccc5c(c4)OCO5)C3=O)cc2OC)cc1. The number of nitrogens with zero attached hydrogens (tertiary/aromatic N) is 1. The Bertz CT molecular complexity index is 1460. The van der Waals surface area contributed by atoms with Crippen molar-refractivity contribution in [1.82, 2.24) is 4.90 Å². The highest BCUT2D eigenvalue weighted by atomic mass is 32.2. The maximum atomic E-state index is 13.1. The zero-order valence-electron chi connectivity index (χ0n) is 21.1. The van der Waals surface area contributed by atoms with Crippen LogP contribution in [0.5, 0.6) is 28.7 Å². The van der Waals surface area contributed by atoms with E-state index in [9.17, 15) is 9.59 Å². The van der Waals surface area contributed by atoms with E-state index in [0.29, 0.717) is 50.2 Å². The van der Waals surface area contributed by atoms with E-state index in [2.05, 4.69) is 5.32 Å². The van der Waals surface area contributed by atoms with Gasteiger partial charge in [-0.05, 0) is 65.7 Å². The molecule has 2 amide bonds. The average molecular weight is 565 g/mol. The van der Waals surface area contributed by atoms with Crippen molar-refractivity contribution >= 4 is 51.9 Å². The van der Waals surface area contributed by atoms with Gasteiger partial charge in [-0.2, -0.15) is 0 Å². The van der Waals surface area contributed by atoms with Crippen LogP contribution in [0, 0.1) is 0 Å². The quantitative estimate of drug-likeness (QED) is 0.289. The van der Waals surface area contributed by atoms with Gasteiger partial charge < -0.3 is 29.0 Å². The Morgan fingerprint density at radius 3 is 2.59 bits per heavy atom. The van der Waals surface area contributed by atoms with Crippen LogP contribution in [0.25, 0.3) is 6.08 Å². The monoisotopic (exact) mass is 564 g/mol. The van der Waals surface area contributed by atoms with Gasteiger partial charge in [0.1, 0.15) is 10.1 Å². The lowest BCUT2D eigenvalue weighted by Crippen LogP contribution is -2.27. The molecule has 1 N–H and O–H groups in total. The Hall–Kier alpha value is -4.22. The maximum absolute atomic E-state index is 13.1. The molecule has 0 spiro atoms. The molecule has 0 radical (unpaired) electrons. The van der Waals surface area contributed by atoms with Crippen molar-refractivity contribution in [2.45, 2.75) is 6.54 Å². The number of carbonyl (C=O) groups excluding carboxylic acids is 2. The van der Waals surface area contributed by atoms with E-state index in [1.54, 1.807) is 60.6 Å². The van der Waals surface area contributed by atoms with Crippen LogP contribution >= 0.6 is 24.0 Å². The zero-order valence-corrected chi connectivity index (χ0v) is 22.7. The van der Waals surface area contributed by atoms with Gasteiger partial charge in [0.25, 0.3) is 11.8 Å². The van der Waals surface area contributed by atoms with E-state index < -0.39 is 0 Å². The molecule has 0 aliphatic carbocycles. The maximum Gasteiger partial charge on any atom is 0.266 e. The number of hydrogen-bond donors (Lipinski definition) is 1. The third-order valence-corrected chi connectivity index (χ3v) is 7.25. The first-order valence-electron chi connectivity index (χ1n) is 11.8. The summed E-state index contributed by atoms with van der Waals surface area (Å²) < 4.78 is 27.5. The molecule has 5 rings (SSSR count). The van der Waals surface area contributed by atoms with Crippen LogP contribution in [0.4, 0.5) is 5.69 Å². The largest absolute Gasteiger partial charge is 0.497 e. The van der Waals surface area contributed by atoms with Crippen molar-refractivity contribution in [2.24, 2.45) is 0 Å². The molecule has 2 heterocycles. The second-order valence-electron chi connectivity index (χ2n) is 8.43. The number of thioether (sulfide) groups is 1. The molecule has 200 valence electrons. The van der Waals surface area contributed by atoms with Gasteiger partial charge in [0.2, 0.25) is 6.79 Å². The fraction of sp³-hybridized carbons (Fsp3) is 0.179. The molecule has 9 nitrogen and oxygen atoms in total. The Morgan fingerprint density at radius 1 is 1.03 bits per heavy atom. The number of anilines is 1. The number of hydrogen-bond acceptors (Lipinski definition) is 9. The predicted octanol–water partition coefficient (Wildman–Crippen LogP) is 4.85. The molecule has 39 heavy (non-hydrogen) atoms. The molecular weight excluding hydrogens is 540 g/mol. The van der Waals surface area contributed by atoms with Gasteiger partial charge in [0, 0.05) is 5.69 Å². The summed E-state index contributed by atoms with van der Waals surface area (Å²) in [6.07, 6.45) is 1.75. The Kier molecular flexibility index (Phi) is 7.89. The smallest absolute Gasteiger partial charge is 0.266 e. The number of nitrogens with one attached hydrogen (secondary N) is 1. The molecule has 3 aromatic rings. The fourth-order valence-corrected chi connectivity index (χ4v) is 5.17. The van der Waals surface area contributed by atoms with Gasteiger partial charge >= 0.3 is 0 Å². The van der Waals surface area contributed by atoms with E-state index in [1.807, 2.05) is 18.2 Å².